The Labute approximate surface area is 171 Å². The molecule has 0 saturated carbocycles. The highest BCUT2D eigenvalue weighted by Crippen LogP contribution is 2.41. The maximum absolute atomic E-state index is 6.30. The molecule has 28 heavy (non-hydrogen) atoms. The number of nitrogens with zero attached hydrogens (tertiary/aromatic N) is 3. The minimum absolute atomic E-state index is 0.227. The monoisotopic (exact) mass is 397 g/mol. The van der Waals surface area contributed by atoms with E-state index in [1.165, 1.54) is 37.7 Å². The van der Waals surface area contributed by atoms with Gasteiger partial charge in [0.2, 0.25) is 0 Å². The summed E-state index contributed by atoms with van der Waals surface area (Å²) in [6.45, 7) is 7.72. The molecular formula is C22H27N3O2S. The molecule has 2 aromatic rings. The van der Waals surface area contributed by atoms with Crippen LogP contribution < -0.4 is 9.47 Å². The SMILES string of the molecule is COc1cccc(C#C[C@H](Oc2nsnc2[C@H]2CN3CCC[C@H]2C3)C(C)C)c1. The van der Waals surface area contributed by atoms with Gasteiger partial charge in [0, 0.05) is 30.5 Å². The summed E-state index contributed by atoms with van der Waals surface area (Å²) in [6.07, 6.45) is 2.34. The van der Waals surface area contributed by atoms with Gasteiger partial charge in [0.25, 0.3) is 5.88 Å². The zero-order chi connectivity index (χ0) is 19.5. The van der Waals surface area contributed by atoms with Gasteiger partial charge >= 0.3 is 0 Å². The highest BCUT2D eigenvalue weighted by Gasteiger charge is 2.39. The second-order valence-electron chi connectivity index (χ2n) is 8.01. The van der Waals surface area contributed by atoms with Gasteiger partial charge < -0.3 is 14.4 Å². The molecule has 4 rings (SSSR count). The van der Waals surface area contributed by atoms with Crippen molar-refractivity contribution in [1.29, 1.82) is 0 Å². The largest absolute Gasteiger partial charge is 0.497 e. The molecular weight excluding hydrogens is 370 g/mol. The van der Waals surface area contributed by atoms with Crippen LogP contribution in [0, 0.1) is 23.7 Å². The van der Waals surface area contributed by atoms with Crippen LogP contribution in [0.3, 0.4) is 0 Å². The Morgan fingerprint density at radius 1 is 1.25 bits per heavy atom. The van der Waals surface area contributed by atoms with Gasteiger partial charge in [-0.1, -0.05) is 31.8 Å². The van der Waals surface area contributed by atoms with E-state index in [0.717, 1.165) is 23.6 Å². The van der Waals surface area contributed by atoms with Crippen molar-refractivity contribution < 1.29 is 9.47 Å². The summed E-state index contributed by atoms with van der Waals surface area (Å²) in [4.78, 5) is 2.55. The zero-order valence-corrected chi connectivity index (χ0v) is 17.5. The van der Waals surface area contributed by atoms with E-state index in [4.69, 9.17) is 9.47 Å². The second-order valence-corrected chi connectivity index (χ2v) is 8.54. The van der Waals surface area contributed by atoms with Gasteiger partial charge in [-0.3, -0.25) is 0 Å². The molecule has 0 aliphatic carbocycles. The second kappa shape index (κ2) is 8.50. The summed E-state index contributed by atoms with van der Waals surface area (Å²) >= 11 is 1.25. The number of hydrogen-bond donors (Lipinski definition) is 0. The molecule has 1 aromatic carbocycles. The Balaban J connectivity index is 1.52. The van der Waals surface area contributed by atoms with E-state index in [1.54, 1.807) is 7.11 Å². The lowest BCUT2D eigenvalue weighted by atomic mass is 9.89. The van der Waals surface area contributed by atoms with Crippen LogP contribution in [0.25, 0.3) is 0 Å². The van der Waals surface area contributed by atoms with Crippen LogP contribution in [0.5, 0.6) is 11.6 Å². The first-order valence-corrected chi connectivity index (χ1v) is 10.7. The van der Waals surface area contributed by atoms with E-state index >= 15 is 0 Å². The van der Waals surface area contributed by atoms with E-state index in [0.29, 0.717) is 17.7 Å². The van der Waals surface area contributed by atoms with Gasteiger partial charge in [-0.2, -0.15) is 4.37 Å². The lowest BCUT2D eigenvalue weighted by molar-refractivity contribution is 0.196. The van der Waals surface area contributed by atoms with E-state index in [9.17, 15) is 0 Å². The summed E-state index contributed by atoms with van der Waals surface area (Å²) in [5.41, 5.74) is 1.95. The van der Waals surface area contributed by atoms with E-state index < -0.39 is 0 Å². The van der Waals surface area contributed by atoms with Crippen molar-refractivity contribution in [2.45, 2.75) is 38.7 Å². The average molecular weight is 398 g/mol. The van der Waals surface area contributed by atoms with Crippen LogP contribution in [0.1, 0.15) is 43.9 Å². The molecule has 148 valence electrons. The topological polar surface area (TPSA) is 47.5 Å². The molecule has 2 aliphatic rings. The molecule has 1 aromatic heterocycles. The fourth-order valence-corrected chi connectivity index (χ4v) is 4.68. The summed E-state index contributed by atoms with van der Waals surface area (Å²) in [5.74, 6) is 9.38. The molecule has 2 saturated heterocycles. The number of rotatable bonds is 5. The molecule has 0 N–H and O–H groups in total. The smallest absolute Gasteiger partial charge is 0.250 e. The molecule has 3 heterocycles. The van der Waals surface area contributed by atoms with Gasteiger partial charge in [-0.15, -0.1) is 4.37 Å². The van der Waals surface area contributed by atoms with Crippen molar-refractivity contribution >= 4 is 11.7 Å². The zero-order valence-electron chi connectivity index (χ0n) is 16.7. The first-order chi connectivity index (χ1) is 13.6. The van der Waals surface area contributed by atoms with Gasteiger partial charge in [0.05, 0.1) is 18.8 Å². The van der Waals surface area contributed by atoms with Gasteiger partial charge in [0.1, 0.15) is 11.4 Å². The van der Waals surface area contributed by atoms with Gasteiger partial charge in [-0.05, 0) is 43.5 Å². The van der Waals surface area contributed by atoms with Crippen molar-refractivity contribution in [2.75, 3.05) is 26.7 Å². The van der Waals surface area contributed by atoms with Crippen LogP contribution in [-0.4, -0.2) is 46.5 Å². The highest BCUT2D eigenvalue weighted by atomic mass is 32.1. The number of piperidine rings is 1. The molecule has 6 heteroatoms. The van der Waals surface area contributed by atoms with E-state index in [2.05, 4.69) is 39.3 Å². The quantitative estimate of drug-likeness (QED) is 0.718. The average Bonchev–Trinajstić information content (AvgIpc) is 3.28. The normalized spacial score (nSPS) is 24.5. The van der Waals surface area contributed by atoms with Crippen molar-refractivity contribution in [3.05, 3.63) is 35.5 Å². The van der Waals surface area contributed by atoms with Crippen molar-refractivity contribution in [3.63, 3.8) is 0 Å². The lowest BCUT2D eigenvalue weighted by Crippen LogP contribution is -2.25. The summed E-state index contributed by atoms with van der Waals surface area (Å²) < 4.78 is 20.7. The lowest BCUT2D eigenvalue weighted by Gasteiger charge is -2.22. The molecule has 2 fully saturated rings. The molecule has 2 bridgehead atoms. The van der Waals surface area contributed by atoms with Crippen LogP contribution in [0.15, 0.2) is 24.3 Å². The van der Waals surface area contributed by atoms with E-state index in [-0.39, 0.29) is 12.0 Å². The van der Waals surface area contributed by atoms with Crippen LogP contribution in [0.2, 0.25) is 0 Å². The van der Waals surface area contributed by atoms with Crippen LogP contribution >= 0.6 is 11.7 Å². The highest BCUT2D eigenvalue weighted by molar-refractivity contribution is 6.99. The Morgan fingerprint density at radius 2 is 2.14 bits per heavy atom. The standard InChI is InChI=1S/C22H27N3O2S/c1-15(2)20(10-9-16-6-4-8-18(12-16)26-3)27-22-21(23-28-24-22)19-14-25-11-5-7-17(19)13-25/h4,6,8,12,15,17,19-20H,5,7,11,13-14H2,1-3H3/t17-,19-,20-/m0/s1. The Bertz CT molecular complexity index is 870. The number of methoxy groups -OCH3 is 1. The van der Waals surface area contributed by atoms with E-state index in [1.807, 2.05) is 24.3 Å². The third kappa shape index (κ3) is 4.16. The molecule has 0 amide bonds. The van der Waals surface area contributed by atoms with Gasteiger partial charge in [0.15, 0.2) is 6.10 Å². The van der Waals surface area contributed by atoms with Crippen LogP contribution in [0.4, 0.5) is 0 Å². The van der Waals surface area contributed by atoms with Crippen LogP contribution in [-0.2, 0) is 0 Å². The fraction of sp³-hybridized carbons (Fsp3) is 0.545. The Hall–Kier alpha value is -2.10. The first kappa shape index (κ1) is 19.2. The summed E-state index contributed by atoms with van der Waals surface area (Å²) in [5, 5.41) is 0. The third-order valence-corrected chi connectivity index (χ3v) is 6.20. The van der Waals surface area contributed by atoms with Crippen molar-refractivity contribution in [1.82, 2.24) is 13.6 Å². The number of benzene rings is 1. The third-order valence-electron chi connectivity index (χ3n) is 5.67. The predicted molar refractivity (Wildman–Crippen MR) is 111 cm³/mol. The molecule has 2 aliphatic heterocycles. The summed E-state index contributed by atoms with van der Waals surface area (Å²) in [7, 11) is 1.66. The fourth-order valence-electron chi connectivity index (χ4n) is 4.13. The predicted octanol–water partition coefficient (Wildman–Crippen LogP) is 3.81. The molecule has 1 unspecified atom stereocenters. The van der Waals surface area contributed by atoms with Crippen molar-refractivity contribution in [3.8, 4) is 23.5 Å². The number of ether oxygens (including phenoxy) is 2. The minimum Gasteiger partial charge on any atom is -0.497 e. The Kier molecular flexibility index (Phi) is 5.84. The molecule has 0 radical (unpaired) electrons. The minimum atomic E-state index is -0.227. The summed E-state index contributed by atoms with van der Waals surface area (Å²) in [6, 6.07) is 7.79. The number of hydrogen-bond acceptors (Lipinski definition) is 6. The maximum atomic E-state index is 6.30. The first-order valence-electron chi connectivity index (χ1n) is 10.0. The molecule has 4 atom stereocenters. The van der Waals surface area contributed by atoms with Gasteiger partial charge in [-0.25, -0.2) is 0 Å². The Morgan fingerprint density at radius 3 is 2.93 bits per heavy atom. The molecule has 0 spiro atoms. The van der Waals surface area contributed by atoms with Crippen molar-refractivity contribution in [2.24, 2.45) is 11.8 Å². The maximum Gasteiger partial charge on any atom is 0.250 e. The number of aromatic nitrogens is 2. The molecule has 5 nitrogen and oxygen atoms in total. The number of fused-ring (bicyclic) bond motifs is 2.